The lowest BCUT2D eigenvalue weighted by molar-refractivity contribution is 0.193. The van der Waals surface area contributed by atoms with Crippen LogP contribution in [0.15, 0.2) is 24.5 Å². The van der Waals surface area contributed by atoms with Crippen molar-refractivity contribution < 1.29 is 4.21 Å². The summed E-state index contributed by atoms with van der Waals surface area (Å²) < 4.78 is 11.4. The molecular formula is C12H19N3OS. The van der Waals surface area contributed by atoms with E-state index in [2.05, 4.69) is 16.0 Å². The molecule has 2 unspecified atom stereocenters. The number of nitrogens with zero attached hydrogens (tertiary/aromatic N) is 2. The predicted octanol–water partition coefficient (Wildman–Crippen LogP) is 0.534. The fourth-order valence-corrected chi connectivity index (χ4v) is 3.41. The summed E-state index contributed by atoms with van der Waals surface area (Å²) in [5.41, 5.74) is 7.24. The van der Waals surface area contributed by atoms with Crippen LogP contribution in [0.1, 0.15) is 18.5 Å². The number of hydrogen-bond donors (Lipinski definition) is 1. The lowest BCUT2D eigenvalue weighted by atomic mass is 10.0. The van der Waals surface area contributed by atoms with Gasteiger partial charge in [0.2, 0.25) is 0 Å². The maximum absolute atomic E-state index is 11.4. The average molecular weight is 253 g/mol. The molecule has 5 heteroatoms. The monoisotopic (exact) mass is 253 g/mol. The van der Waals surface area contributed by atoms with Gasteiger partial charge in [0.25, 0.3) is 0 Å². The Hall–Kier alpha value is -0.780. The van der Waals surface area contributed by atoms with Crippen molar-refractivity contribution in [2.75, 3.05) is 24.6 Å². The third-order valence-electron chi connectivity index (χ3n) is 3.13. The van der Waals surface area contributed by atoms with Gasteiger partial charge in [-0.15, -0.1) is 0 Å². The van der Waals surface area contributed by atoms with Crippen LogP contribution in [0.25, 0.3) is 0 Å². The zero-order valence-electron chi connectivity index (χ0n) is 10.1. The molecule has 2 N–H and O–H groups in total. The SMILES string of the molecule is CC(N)C(c1cccnc1)N1CCS(=O)CC1. The van der Waals surface area contributed by atoms with Crippen LogP contribution < -0.4 is 5.73 Å². The number of aromatic nitrogens is 1. The number of pyridine rings is 1. The van der Waals surface area contributed by atoms with E-state index in [1.807, 2.05) is 19.2 Å². The molecule has 1 saturated heterocycles. The second kappa shape index (κ2) is 5.71. The molecule has 0 bridgehead atoms. The summed E-state index contributed by atoms with van der Waals surface area (Å²) in [5, 5.41) is 0. The summed E-state index contributed by atoms with van der Waals surface area (Å²) in [5.74, 6) is 1.51. The van der Waals surface area contributed by atoms with Crippen LogP contribution in [0, 0.1) is 0 Å². The molecule has 1 aliphatic heterocycles. The van der Waals surface area contributed by atoms with Gasteiger partial charge in [0.1, 0.15) is 0 Å². The van der Waals surface area contributed by atoms with Gasteiger partial charge < -0.3 is 5.73 Å². The molecule has 0 aliphatic carbocycles. The molecule has 2 rings (SSSR count). The first-order chi connectivity index (χ1) is 8.18. The average Bonchev–Trinajstić information content (AvgIpc) is 2.33. The highest BCUT2D eigenvalue weighted by Gasteiger charge is 2.27. The first kappa shape index (κ1) is 12.7. The van der Waals surface area contributed by atoms with Crippen molar-refractivity contribution >= 4 is 10.8 Å². The molecule has 1 aliphatic rings. The second-order valence-corrected chi connectivity index (χ2v) is 6.17. The zero-order chi connectivity index (χ0) is 12.3. The predicted molar refractivity (Wildman–Crippen MR) is 70.1 cm³/mol. The standard InChI is InChI=1S/C12H19N3OS/c1-10(13)12(11-3-2-4-14-9-11)15-5-7-17(16)8-6-15/h2-4,9-10,12H,5-8,13H2,1H3. The van der Waals surface area contributed by atoms with E-state index < -0.39 is 10.8 Å². The molecule has 0 saturated carbocycles. The van der Waals surface area contributed by atoms with E-state index in [0.29, 0.717) is 0 Å². The molecule has 4 nitrogen and oxygen atoms in total. The molecular weight excluding hydrogens is 234 g/mol. The van der Waals surface area contributed by atoms with Crippen molar-refractivity contribution in [3.05, 3.63) is 30.1 Å². The first-order valence-electron chi connectivity index (χ1n) is 5.93. The molecule has 1 fully saturated rings. The van der Waals surface area contributed by atoms with Gasteiger partial charge in [-0.1, -0.05) is 6.07 Å². The minimum absolute atomic E-state index is 0.0470. The highest BCUT2D eigenvalue weighted by atomic mass is 32.2. The van der Waals surface area contributed by atoms with E-state index in [0.717, 1.165) is 30.2 Å². The summed E-state index contributed by atoms with van der Waals surface area (Å²) in [7, 11) is -0.645. The van der Waals surface area contributed by atoms with Gasteiger partial charge >= 0.3 is 0 Å². The largest absolute Gasteiger partial charge is 0.326 e. The second-order valence-electron chi connectivity index (χ2n) is 4.47. The molecule has 1 aromatic rings. The third kappa shape index (κ3) is 3.12. The molecule has 17 heavy (non-hydrogen) atoms. The Morgan fingerprint density at radius 1 is 1.47 bits per heavy atom. The topological polar surface area (TPSA) is 59.2 Å². The molecule has 0 amide bonds. The summed E-state index contributed by atoms with van der Waals surface area (Å²) in [6.45, 7) is 3.73. The summed E-state index contributed by atoms with van der Waals surface area (Å²) in [6, 6.07) is 4.23. The van der Waals surface area contributed by atoms with Gasteiger partial charge in [-0.25, -0.2) is 0 Å². The third-order valence-corrected chi connectivity index (χ3v) is 4.41. The number of rotatable bonds is 3. The Bertz CT molecular complexity index is 373. The number of nitrogens with two attached hydrogens (primary N) is 1. The zero-order valence-corrected chi connectivity index (χ0v) is 10.9. The van der Waals surface area contributed by atoms with Gasteiger partial charge in [-0.2, -0.15) is 0 Å². The fourth-order valence-electron chi connectivity index (χ4n) is 2.33. The Balaban J connectivity index is 2.15. The highest BCUT2D eigenvalue weighted by Crippen LogP contribution is 2.23. The van der Waals surface area contributed by atoms with E-state index in [1.165, 1.54) is 0 Å². The molecule has 0 radical (unpaired) electrons. The maximum Gasteiger partial charge on any atom is 0.0512 e. The molecule has 2 heterocycles. The lowest BCUT2D eigenvalue weighted by Crippen LogP contribution is -2.46. The van der Waals surface area contributed by atoms with Crippen LogP contribution >= 0.6 is 0 Å². The minimum Gasteiger partial charge on any atom is -0.326 e. The summed E-state index contributed by atoms with van der Waals surface area (Å²) in [4.78, 5) is 6.48. The molecule has 1 aromatic heterocycles. The van der Waals surface area contributed by atoms with Gasteiger partial charge in [0, 0.05) is 53.8 Å². The Labute approximate surface area is 105 Å². The maximum atomic E-state index is 11.4. The highest BCUT2D eigenvalue weighted by molar-refractivity contribution is 7.85. The minimum atomic E-state index is -0.645. The van der Waals surface area contributed by atoms with Crippen molar-refractivity contribution in [3.63, 3.8) is 0 Å². The van der Waals surface area contributed by atoms with Crippen molar-refractivity contribution in [3.8, 4) is 0 Å². The van der Waals surface area contributed by atoms with E-state index in [1.54, 1.807) is 6.20 Å². The Morgan fingerprint density at radius 2 is 2.18 bits per heavy atom. The van der Waals surface area contributed by atoms with E-state index in [-0.39, 0.29) is 12.1 Å². The molecule has 0 spiro atoms. The quantitative estimate of drug-likeness (QED) is 0.854. The van der Waals surface area contributed by atoms with Crippen LogP contribution in [-0.2, 0) is 10.8 Å². The van der Waals surface area contributed by atoms with Crippen molar-refractivity contribution in [2.24, 2.45) is 5.73 Å². The Morgan fingerprint density at radius 3 is 2.71 bits per heavy atom. The van der Waals surface area contributed by atoms with Crippen LogP contribution in [-0.4, -0.2) is 44.7 Å². The van der Waals surface area contributed by atoms with Crippen LogP contribution in [0.4, 0.5) is 0 Å². The van der Waals surface area contributed by atoms with Crippen molar-refractivity contribution in [1.82, 2.24) is 9.88 Å². The van der Waals surface area contributed by atoms with E-state index >= 15 is 0 Å². The molecule has 2 atom stereocenters. The number of hydrogen-bond acceptors (Lipinski definition) is 4. The lowest BCUT2D eigenvalue weighted by Gasteiger charge is -2.36. The normalized spacial score (nSPS) is 22.2. The van der Waals surface area contributed by atoms with Gasteiger partial charge in [-0.05, 0) is 18.6 Å². The Kier molecular flexibility index (Phi) is 4.25. The van der Waals surface area contributed by atoms with Gasteiger partial charge in [0.05, 0.1) is 6.04 Å². The first-order valence-corrected chi connectivity index (χ1v) is 7.42. The van der Waals surface area contributed by atoms with E-state index in [9.17, 15) is 4.21 Å². The van der Waals surface area contributed by atoms with Crippen molar-refractivity contribution in [1.29, 1.82) is 0 Å². The van der Waals surface area contributed by atoms with Crippen molar-refractivity contribution in [2.45, 2.75) is 19.0 Å². The van der Waals surface area contributed by atoms with Gasteiger partial charge in [-0.3, -0.25) is 14.1 Å². The smallest absolute Gasteiger partial charge is 0.0512 e. The van der Waals surface area contributed by atoms with E-state index in [4.69, 9.17) is 5.73 Å². The summed E-state index contributed by atoms with van der Waals surface area (Å²) >= 11 is 0. The van der Waals surface area contributed by atoms with Crippen LogP contribution in [0.3, 0.4) is 0 Å². The van der Waals surface area contributed by atoms with Crippen LogP contribution in [0.5, 0.6) is 0 Å². The summed E-state index contributed by atoms with van der Waals surface area (Å²) in [6.07, 6.45) is 3.65. The van der Waals surface area contributed by atoms with Gasteiger partial charge in [0.15, 0.2) is 0 Å². The molecule has 94 valence electrons. The van der Waals surface area contributed by atoms with Crippen LogP contribution in [0.2, 0.25) is 0 Å². The fraction of sp³-hybridized carbons (Fsp3) is 0.583. The molecule has 0 aromatic carbocycles.